The van der Waals surface area contributed by atoms with Crippen LogP contribution in [0.15, 0.2) is 54.6 Å². The lowest BCUT2D eigenvalue weighted by Crippen LogP contribution is -2.53. The van der Waals surface area contributed by atoms with Crippen molar-refractivity contribution in [1.82, 2.24) is 10.2 Å². The van der Waals surface area contributed by atoms with Crippen molar-refractivity contribution < 1.29 is 23.9 Å². The topological polar surface area (TPSA) is 84.9 Å². The number of esters is 1. The van der Waals surface area contributed by atoms with Crippen molar-refractivity contribution in [2.75, 3.05) is 13.2 Å². The summed E-state index contributed by atoms with van der Waals surface area (Å²) in [6, 6.07) is 16.4. The molecule has 1 saturated heterocycles. The van der Waals surface area contributed by atoms with Gasteiger partial charge in [0.1, 0.15) is 17.7 Å². The molecule has 1 unspecified atom stereocenters. The normalized spacial score (nSPS) is 16.6. The molecular formula is C27H34N2O5. The summed E-state index contributed by atoms with van der Waals surface area (Å²) in [5.74, 6) is -0.717. The van der Waals surface area contributed by atoms with E-state index in [1.807, 2.05) is 54.6 Å². The summed E-state index contributed by atoms with van der Waals surface area (Å²) < 4.78 is 10.6. The largest absolute Gasteiger partial charge is 0.464 e. The van der Waals surface area contributed by atoms with E-state index in [0.29, 0.717) is 19.4 Å². The van der Waals surface area contributed by atoms with Crippen LogP contribution < -0.4 is 5.32 Å². The van der Waals surface area contributed by atoms with Crippen LogP contribution in [0.5, 0.6) is 0 Å². The number of nitrogens with one attached hydrogen (secondary N) is 1. The number of likely N-dealkylation sites (tertiary alicyclic amines) is 1. The molecule has 7 heteroatoms. The van der Waals surface area contributed by atoms with Crippen LogP contribution in [0, 0.1) is 0 Å². The van der Waals surface area contributed by atoms with Crippen LogP contribution >= 0.6 is 0 Å². The van der Waals surface area contributed by atoms with E-state index in [-0.39, 0.29) is 18.9 Å². The molecule has 1 aliphatic heterocycles. The Labute approximate surface area is 201 Å². The fourth-order valence-electron chi connectivity index (χ4n) is 4.06. The first-order chi connectivity index (χ1) is 16.2. The van der Waals surface area contributed by atoms with Gasteiger partial charge in [-0.05, 0) is 57.2 Å². The predicted octanol–water partition coefficient (Wildman–Crippen LogP) is 4.34. The molecule has 1 heterocycles. The number of nitrogens with zero attached hydrogens (tertiary/aromatic N) is 1. The van der Waals surface area contributed by atoms with Gasteiger partial charge in [0.25, 0.3) is 0 Å². The molecule has 2 aromatic rings. The predicted molar refractivity (Wildman–Crippen MR) is 130 cm³/mol. The highest BCUT2D eigenvalue weighted by Crippen LogP contribution is 2.23. The van der Waals surface area contributed by atoms with Gasteiger partial charge in [-0.2, -0.15) is 0 Å². The maximum absolute atomic E-state index is 13.5. The van der Waals surface area contributed by atoms with Crippen molar-refractivity contribution in [2.24, 2.45) is 0 Å². The summed E-state index contributed by atoms with van der Waals surface area (Å²) >= 11 is 0. The van der Waals surface area contributed by atoms with E-state index in [9.17, 15) is 14.4 Å². The van der Waals surface area contributed by atoms with Crippen LogP contribution in [-0.2, 0) is 25.5 Å². The lowest BCUT2D eigenvalue weighted by molar-refractivity contribution is -0.153. The summed E-state index contributed by atoms with van der Waals surface area (Å²) in [7, 11) is 0. The molecule has 1 N–H and O–H groups in total. The Bertz CT molecular complexity index is 982. The minimum absolute atomic E-state index is 0.255. The first-order valence-electron chi connectivity index (χ1n) is 11.8. The molecule has 0 spiro atoms. The number of benzene rings is 2. The van der Waals surface area contributed by atoms with Crippen LogP contribution in [0.3, 0.4) is 0 Å². The van der Waals surface area contributed by atoms with Gasteiger partial charge >= 0.3 is 12.1 Å². The zero-order valence-electron chi connectivity index (χ0n) is 20.4. The molecule has 182 valence electrons. The Morgan fingerprint density at radius 3 is 2.29 bits per heavy atom. The number of rotatable bonds is 7. The lowest BCUT2D eigenvalue weighted by Gasteiger charge is -2.29. The molecule has 0 bridgehead atoms. The zero-order chi connectivity index (χ0) is 24.7. The molecule has 0 radical (unpaired) electrons. The van der Waals surface area contributed by atoms with E-state index in [2.05, 4.69) is 5.32 Å². The molecule has 0 aliphatic carbocycles. The average molecular weight is 467 g/mol. The monoisotopic (exact) mass is 466 g/mol. The highest BCUT2D eigenvalue weighted by molar-refractivity contribution is 5.90. The minimum atomic E-state index is -0.868. The fourth-order valence-corrected chi connectivity index (χ4v) is 4.06. The van der Waals surface area contributed by atoms with Crippen molar-refractivity contribution in [3.8, 4) is 11.1 Å². The number of carbonyl (C=O) groups excluding carboxylic acids is 3. The molecule has 0 saturated carbocycles. The van der Waals surface area contributed by atoms with Crippen LogP contribution in [0.2, 0.25) is 0 Å². The van der Waals surface area contributed by atoms with Crippen molar-refractivity contribution in [2.45, 2.75) is 64.6 Å². The summed E-state index contributed by atoms with van der Waals surface area (Å²) in [6.45, 7) is 7.74. The maximum Gasteiger partial charge on any atom is 0.408 e. The molecule has 7 nitrogen and oxygen atoms in total. The summed E-state index contributed by atoms with van der Waals surface area (Å²) in [4.78, 5) is 40.0. The second-order valence-corrected chi connectivity index (χ2v) is 9.41. The molecule has 1 fully saturated rings. The average Bonchev–Trinajstić information content (AvgIpc) is 3.28. The lowest BCUT2D eigenvalue weighted by atomic mass is 10.00. The molecule has 34 heavy (non-hydrogen) atoms. The van der Waals surface area contributed by atoms with E-state index in [1.54, 1.807) is 27.7 Å². The second kappa shape index (κ2) is 11.2. The Kier molecular flexibility index (Phi) is 8.31. The van der Waals surface area contributed by atoms with Gasteiger partial charge < -0.3 is 19.7 Å². The van der Waals surface area contributed by atoms with Gasteiger partial charge in [-0.15, -0.1) is 0 Å². The number of carbonyl (C=O) groups is 3. The van der Waals surface area contributed by atoms with Crippen LogP contribution in [0.25, 0.3) is 11.1 Å². The van der Waals surface area contributed by atoms with Gasteiger partial charge in [0.05, 0.1) is 6.61 Å². The summed E-state index contributed by atoms with van der Waals surface area (Å²) in [5, 5.41) is 2.73. The third-order valence-corrected chi connectivity index (χ3v) is 5.58. The number of hydrogen-bond acceptors (Lipinski definition) is 5. The fraction of sp³-hybridized carbons (Fsp3) is 0.444. The summed E-state index contributed by atoms with van der Waals surface area (Å²) in [5.41, 5.74) is 2.36. The van der Waals surface area contributed by atoms with Crippen LogP contribution in [-0.4, -0.2) is 53.7 Å². The quantitative estimate of drug-likeness (QED) is 0.614. The third-order valence-electron chi connectivity index (χ3n) is 5.58. The summed E-state index contributed by atoms with van der Waals surface area (Å²) in [6.07, 6.45) is 0.869. The molecule has 2 aromatic carbocycles. The minimum Gasteiger partial charge on any atom is -0.464 e. The number of hydrogen-bond donors (Lipinski definition) is 1. The van der Waals surface area contributed by atoms with E-state index >= 15 is 0 Å². The number of alkyl carbamates (subject to hydrolysis) is 1. The van der Waals surface area contributed by atoms with Crippen molar-refractivity contribution in [3.63, 3.8) is 0 Å². The molecule has 3 rings (SSSR count). The van der Waals surface area contributed by atoms with E-state index < -0.39 is 29.7 Å². The Morgan fingerprint density at radius 1 is 1.03 bits per heavy atom. The van der Waals surface area contributed by atoms with Gasteiger partial charge in [-0.1, -0.05) is 54.6 Å². The first kappa shape index (κ1) is 25.3. The molecular weight excluding hydrogens is 432 g/mol. The molecule has 1 aliphatic rings. The smallest absolute Gasteiger partial charge is 0.408 e. The standard InChI is InChI=1S/C27H34N2O5/c1-5-33-25(31)23-12-9-17-29(23)24(30)22(28-26(32)34-27(2,3)4)18-19-13-15-21(16-14-19)20-10-7-6-8-11-20/h6-8,10-11,13-16,22-23H,5,9,12,17-18H2,1-4H3,(H,28,32)/t22-,23?/m0/s1. The molecule has 0 aromatic heterocycles. The SMILES string of the molecule is CCOC(=O)C1CCCN1C(=O)[C@H](Cc1ccc(-c2ccccc2)cc1)NC(=O)OC(C)(C)C. The number of ether oxygens (including phenoxy) is 2. The Morgan fingerprint density at radius 2 is 1.68 bits per heavy atom. The van der Waals surface area contributed by atoms with Crippen molar-refractivity contribution >= 4 is 18.0 Å². The molecule has 2 atom stereocenters. The van der Waals surface area contributed by atoms with Gasteiger partial charge in [0.15, 0.2) is 0 Å². The van der Waals surface area contributed by atoms with E-state index in [0.717, 1.165) is 16.7 Å². The molecule has 2 amide bonds. The van der Waals surface area contributed by atoms with Crippen molar-refractivity contribution in [1.29, 1.82) is 0 Å². The van der Waals surface area contributed by atoms with Crippen LogP contribution in [0.4, 0.5) is 4.79 Å². The highest BCUT2D eigenvalue weighted by atomic mass is 16.6. The van der Waals surface area contributed by atoms with Gasteiger partial charge in [-0.3, -0.25) is 4.79 Å². The van der Waals surface area contributed by atoms with Gasteiger partial charge in [-0.25, -0.2) is 9.59 Å². The second-order valence-electron chi connectivity index (χ2n) is 9.41. The third kappa shape index (κ3) is 6.83. The highest BCUT2D eigenvalue weighted by Gasteiger charge is 2.39. The van der Waals surface area contributed by atoms with E-state index in [1.165, 1.54) is 4.90 Å². The van der Waals surface area contributed by atoms with Gasteiger partial charge in [0, 0.05) is 13.0 Å². The van der Waals surface area contributed by atoms with E-state index in [4.69, 9.17) is 9.47 Å². The van der Waals surface area contributed by atoms with Crippen LogP contribution in [0.1, 0.15) is 46.1 Å². The maximum atomic E-state index is 13.5. The van der Waals surface area contributed by atoms with Crippen molar-refractivity contribution in [3.05, 3.63) is 60.2 Å². The van der Waals surface area contributed by atoms with Gasteiger partial charge in [0.2, 0.25) is 5.91 Å². The zero-order valence-corrected chi connectivity index (χ0v) is 20.4. The Hall–Kier alpha value is -3.35. The first-order valence-corrected chi connectivity index (χ1v) is 11.8. The number of amides is 2. The Balaban J connectivity index is 1.79.